The Morgan fingerprint density at radius 2 is 1.55 bits per heavy atom. The predicted molar refractivity (Wildman–Crippen MR) is 70.9 cm³/mol. The van der Waals surface area contributed by atoms with Gasteiger partial charge in [-0.1, -0.05) is 6.07 Å². The Morgan fingerprint density at radius 1 is 0.818 bits per heavy atom. The second kappa shape index (κ2) is 4.50. The maximum atomic E-state index is 11.7. The van der Waals surface area contributed by atoms with Crippen molar-refractivity contribution in [3.63, 3.8) is 0 Å². The fourth-order valence-corrected chi connectivity index (χ4v) is 3.62. The lowest BCUT2D eigenvalue weighted by Gasteiger charge is -2.28. The summed E-state index contributed by atoms with van der Waals surface area (Å²) in [6, 6.07) is 5.03. The van der Waals surface area contributed by atoms with E-state index in [-0.39, 0.29) is 23.0 Å². The molecule has 1 aromatic carbocycles. The number of rotatable bonds is 1. The number of fused-ring (bicyclic) bond motifs is 2. The van der Waals surface area contributed by atoms with Crippen LogP contribution in [0.25, 0.3) is 0 Å². The molecule has 2 fully saturated rings. The zero-order chi connectivity index (χ0) is 15.4. The predicted octanol–water partition coefficient (Wildman–Crippen LogP) is 1.58. The van der Waals surface area contributed by atoms with Crippen LogP contribution in [0.2, 0.25) is 0 Å². The van der Waals surface area contributed by atoms with Gasteiger partial charge in [-0.3, -0.25) is 9.59 Å². The molecule has 112 valence electrons. The first-order valence-corrected chi connectivity index (χ1v) is 7.20. The van der Waals surface area contributed by atoms with Gasteiger partial charge in [0.1, 0.15) is 0 Å². The van der Waals surface area contributed by atoms with E-state index >= 15 is 0 Å². The van der Waals surface area contributed by atoms with Crippen molar-refractivity contribution in [3.05, 3.63) is 34.9 Å². The molecule has 3 atom stereocenters. The Hall–Kier alpha value is -2.50. The lowest BCUT2D eigenvalue weighted by Crippen LogP contribution is -2.26. The largest absolute Gasteiger partial charge is 0.393 e. The summed E-state index contributed by atoms with van der Waals surface area (Å²) in [5.41, 5.74) is 1.43. The molecular formula is C16H12O6. The van der Waals surface area contributed by atoms with E-state index in [4.69, 9.17) is 4.74 Å². The van der Waals surface area contributed by atoms with Crippen LogP contribution in [0, 0.1) is 11.8 Å². The molecule has 4 rings (SSSR count). The zero-order valence-corrected chi connectivity index (χ0v) is 11.5. The number of esters is 4. The highest BCUT2D eigenvalue weighted by Gasteiger charge is 2.47. The minimum absolute atomic E-state index is 0.0634. The van der Waals surface area contributed by atoms with Crippen LogP contribution in [0.5, 0.6) is 0 Å². The first kappa shape index (κ1) is 13.2. The van der Waals surface area contributed by atoms with Crippen LogP contribution < -0.4 is 0 Å². The van der Waals surface area contributed by atoms with Crippen molar-refractivity contribution in [1.29, 1.82) is 0 Å². The van der Waals surface area contributed by atoms with E-state index in [0.717, 1.165) is 12.0 Å². The van der Waals surface area contributed by atoms with Gasteiger partial charge in [-0.05, 0) is 42.9 Å². The molecule has 6 nitrogen and oxygen atoms in total. The first-order chi connectivity index (χ1) is 10.5. The van der Waals surface area contributed by atoms with E-state index in [1.807, 2.05) is 0 Å². The molecule has 0 radical (unpaired) electrons. The van der Waals surface area contributed by atoms with Crippen LogP contribution in [0.15, 0.2) is 18.2 Å². The van der Waals surface area contributed by atoms with Crippen LogP contribution in [-0.4, -0.2) is 23.9 Å². The van der Waals surface area contributed by atoms with Gasteiger partial charge in [0.25, 0.3) is 0 Å². The van der Waals surface area contributed by atoms with E-state index in [1.165, 1.54) is 0 Å². The number of hydrogen-bond donors (Lipinski definition) is 0. The number of carbonyl (C=O) groups excluding carboxylic acids is 4. The van der Waals surface area contributed by atoms with Gasteiger partial charge in [-0.2, -0.15) is 0 Å². The lowest BCUT2D eigenvalue weighted by molar-refractivity contribution is -0.153. The molecule has 0 spiro atoms. The molecule has 0 N–H and O–H groups in total. The number of benzene rings is 1. The fraction of sp³-hybridized carbons (Fsp3) is 0.375. The van der Waals surface area contributed by atoms with Gasteiger partial charge in [-0.15, -0.1) is 0 Å². The molecule has 22 heavy (non-hydrogen) atoms. The molecule has 1 saturated carbocycles. The van der Waals surface area contributed by atoms with Crippen LogP contribution in [0.1, 0.15) is 51.5 Å². The maximum Gasteiger partial charge on any atom is 0.346 e. The molecule has 6 heteroatoms. The van der Waals surface area contributed by atoms with Gasteiger partial charge in [0.05, 0.1) is 23.0 Å². The summed E-state index contributed by atoms with van der Waals surface area (Å²) in [5, 5.41) is 0. The highest BCUT2D eigenvalue weighted by Crippen LogP contribution is 2.44. The molecule has 0 amide bonds. The van der Waals surface area contributed by atoms with Crippen molar-refractivity contribution in [2.24, 2.45) is 11.8 Å². The van der Waals surface area contributed by atoms with Crippen molar-refractivity contribution in [2.75, 3.05) is 0 Å². The van der Waals surface area contributed by atoms with E-state index in [0.29, 0.717) is 12.8 Å². The summed E-state index contributed by atoms with van der Waals surface area (Å²) < 4.78 is 9.28. The Kier molecular flexibility index (Phi) is 2.69. The third kappa shape index (κ3) is 1.80. The smallest absolute Gasteiger partial charge is 0.346 e. The molecule has 1 saturated heterocycles. The van der Waals surface area contributed by atoms with E-state index in [1.54, 1.807) is 18.2 Å². The van der Waals surface area contributed by atoms with Crippen LogP contribution in [-0.2, 0) is 19.1 Å². The van der Waals surface area contributed by atoms with Crippen molar-refractivity contribution in [2.45, 2.75) is 25.2 Å². The van der Waals surface area contributed by atoms with Crippen LogP contribution in [0.3, 0.4) is 0 Å². The third-order valence-electron chi connectivity index (χ3n) is 4.80. The summed E-state index contributed by atoms with van der Waals surface area (Å²) >= 11 is 0. The van der Waals surface area contributed by atoms with Gasteiger partial charge < -0.3 is 9.47 Å². The lowest BCUT2D eigenvalue weighted by atomic mass is 9.73. The molecule has 1 aromatic rings. The summed E-state index contributed by atoms with van der Waals surface area (Å²) in [6.07, 6.45) is 1.86. The average Bonchev–Trinajstić information content (AvgIpc) is 2.96. The molecule has 0 aromatic heterocycles. The first-order valence-electron chi connectivity index (χ1n) is 7.20. The van der Waals surface area contributed by atoms with Crippen molar-refractivity contribution < 1.29 is 28.7 Å². The van der Waals surface area contributed by atoms with Gasteiger partial charge in [-0.25, -0.2) is 9.59 Å². The van der Waals surface area contributed by atoms with Gasteiger partial charge in [0.15, 0.2) is 0 Å². The van der Waals surface area contributed by atoms with Gasteiger partial charge >= 0.3 is 23.9 Å². The molecule has 3 unspecified atom stereocenters. The number of hydrogen-bond acceptors (Lipinski definition) is 6. The van der Waals surface area contributed by atoms with E-state index in [9.17, 15) is 19.2 Å². The third-order valence-corrected chi connectivity index (χ3v) is 4.80. The van der Waals surface area contributed by atoms with Crippen LogP contribution in [0.4, 0.5) is 0 Å². The van der Waals surface area contributed by atoms with E-state index < -0.39 is 29.8 Å². The summed E-state index contributed by atoms with van der Waals surface area (Å²) in [4.78, 5) is 46.3. The van der Waals surface area contributed by atoms with Crippen molar-refractivity contribution in [1.82, 2.24) is 0 Å². The number of carbonyl (C=O) groups is 4. The standard InChI is InChI=1S/C16H12O6/c17-13-9-3-1-7(5-11(9)15(19)21-13)8-2-4-10-12(6-8)16(20)22-14(10)18/h1,3,5,8,10,12H,2,4,6H2. The Bertz CT molecular complexity index is 734. The van der Waals surface area contributed by atoms with Gasteiger partial charge in [0, 0.05) is 0 Å². The number of ether oxygens (including phenoxy) is 2. The molecule has 1 aliphatic carbocycles. The second-order valence-electron chi connectivity index (χ2n) is 5.95. The summed E-state index contributed by atoms with van der Waals surface area (Å²) in [6.45, 7) is 0. The molecule has 2 heterocycles. The average molecular weight is 300 g/mol. The SMILES string of the molecule is O=C1OC(=O)c2cc(C3CCC4C(=O)OC(=O)C4C3)ccc21. The molecular weight excluding hydrogens is 288 g/mol. The molecule has 3 aliphatic rings. The minimum atomic E-state index is -0.633. The maximum absolute atomic E-state index is 11.7. The van der Waals surface area contributed by atoms with Crippen LogP contribution >= 0.6 is 0 Å². The van der Waals surface area contributed by atoms with Crippen molar-refractivity contribution in [3.8, 4) is 0 Å². The minimum Gasteiger partial charge on any atom is -0.393 e. The topological polar surface area (TPSA) is 86.7 Å². The Labute approximate surface area is 125 Å². The quantitative estimate of drug-likeness (QED) is 0.578. The summed E-state index contributed by atoms with van der Waals surface area (Å²) in [5.74, 6) is -2.79. The van der Waals surface area contributed by atoms with E-state index in [2.05, 4.69) is 4.74 Å². The second-order valence-corrected chi connectivity index (χ2v) is 5.95. The monoisotopic (exact) mass is 300 g/mol. The number of cyclic esters (lactones) is 4. The van der Waals surface area contributed by atoms with Crippen molar-refractivity contribution >= 4 is 23.9 Å². The normalized spacial score (nSPS) is 29.9. The molecule has 0 bridgehead atoms. The summed E-state index contributed by atoms with van der Waals surface area (Å²) in [7, 11) is 0. The Balaban J connectivity index is 1.63. The Morgan fingerprint density at radius 3 is 2.36 bits per heavy atom. The highest BCUT2D eigenvalue weighted by molar-refractivity contribution is 6.14. The molecule has 2 aliphatic heterocycles. The zero-order valence-electron chi connectivity index (χ0n) is 11.5. The highest BCUT2D eigenvalue weighted by atomic mass is 16.6. The van der Waals surface area contributed by atoms with Gasteiger partial charge in [0.2, 0.25) is 0 Å². The fourth-order valence-electron chi connectivity index (χ4n) is 3.62.